The number of amides is 1. The number of benzene rings is 1. The summed E-state index contributed by atoms with van der Waals surface area (Å²) in [4.78, 5) is 26.6. The predicted octanol–water partition coefficient (Wildman–Crippen LogP) is 3.46. The fraction of sp³-hybridized carbons (Fsp3) is 0.556. The third kappa shape index (κ3) is 5.59. The molecule has 27 heavy (non-hydrogen) atoms. The summed E-state index contributed by atoms with van der Waals surface area (Å²) in [7, 11) is 0. The molecule has 0 radical (unpaired) electrons. The predicted molar refractivity (Wildman–Crippen MR) is 91.5 cm³/mol. The van der Waals surface area contributed by atoms with Crippen molar-refractivity contribution >= 4 is 12.1 Å². The van der Waals surface area contributed by atoms with Gasteiger partial charge in [0.05, 0.1) is 11.1 Å². The number of aromatic carboxylic acids is 1. The number of carbonyl (C=O) groups excluding carboxylic acids is 1. The molecule has 0 bridgehead atoms. The van der Waals surface area contributed by atoms with Gasteiger partial charge < -0.3 is 14.7 Å². The maximum absolute atomic E-state index is 13.3. The molecule has 1 aliphatic rings. The third-order valence-electron chi connectivity index (χ3n) is 4.12. The van der Waals surface area contributed by atoms with Crippen molar-refractivity contribution in [1.82, 2.24) is 9.80 Å². The topological polar surface area (TPSA) is 70.1 Å². The van der Waals surface area contributed by atoms with Crippen LogP contribution in [0.15, 0.2) is 18.2 Å². The van der Waals surface area contributed by atoms with Gasteiger partial charge in [-0.15, -0.1) is 0 Å². The zero-order valence-electron chi connectivity index (χ0n) is 15.5. The highest BCUT2D eigenvalue weighted by molar-refractivity contribution is 5.89. The summed E-state index contributed by atoms with van der Waals surface area (Å²) in [6.45, 7) is 6.35. The lowest BCUT2D eigenvalue weighted by atomic mass is 9.99. The average molecular weight is 388 g/mol. The van der Waals surface area contributed by atoms with Crippen LogP contribution in [-0.4, -0.2) is 58.7 Å². The molecule has 6 nitrogen and oxygen atoms in total. The molecule has 1 heterocycles. The Hall–Kier alpha value is -2.29. The van der Waals surface area contributed by atoms with Crippen LogP contribution in [0.1, 0.15) is 42.3 Å². The van der Waals surface area contributed by atoms with Crippen LogP contribution in [0, 0.1) is 0 Å². The standard InChI is InChI=1S/C18H23F3N2O4/c1-17(2,3)27-16(26)23-9-7-22(8-10-23)11-13-12(15(24)25)5-4-6-14(13)18(19,20)21/h4-6H,7-11H2,1-3H3,(H,24,25). The van der Waals surface area contributed by atoms with E-state index in [1.54, 1.807) is 25.7 Å². The number of alkyl halides is 3. The second-order valence-electron chi connectivity index (χ2n) is 7.38. The van der Waals surface area contributed by atoms with Crippen molar-refractivity contribution in [2.45, 2.75) is 39.1 Å². The van der Waals surface area contributed by atoms with E-state index >= 15 is 0 Å². The Morgan fingerprint density at radius 1 is 1.11 bits per heavy atom. The lowest BCUT2D eigenvalue weighted by Crippen LogP contribution is -2.49. The number of carbonyl (C=O) groups is 2. The molecule has 0 unspecified atom stereocenters. The van der Waals surface area contributed by atoms with Gasteiger partial charge in [0.25, 0.3) is 0 Å². The van der Waals surface area contributed by atoms with Crippen LogP contribution >= 0.6 is 0 Å². The van der Waals surface area contributed by atoms with Crippen LogP contribution in [0.2, 0.25) is 0 Å². The Morgan fingerprint density at radius 2 is 1.70 bits per heavy atom. The zero-order chi connectivity index (χ0) is 20.4. The zero-order valence-corrected chi connectivity index (χ0v) is 15.5. The van der Waals surface area contributed by atoms with Crippen molar-refractivity contribution in [3.8, 4) is 0 Å². The fourth-order valence-corrected chi connectivity index (χ4v) is 2.86. The molecule has 1 fully saturated rings. The highest BCUT2D eigenvalue weighted by Gasteiger charge is 2.36. The van der Waals surface area contributed by atoms with Gasteiger partial charge in [0.2, 0.25) is 0 Å². The van der Waals surface area contributed by atoms with Crippen molar-refractivity contribution < 1.29 is 32.6 Å². The van der Waals surface area contributed by atoms with Crippen molar-refractivity contribution in [2.75, 3.05) is 26.2 Å². The van der Waals surface area contributed by atoms with E-state index in [-0.39, 0.29) is 17.7 Å². The second-order valence-corrected chi connectivity index (χ2v) is 7.38. The summed E-state index contributed by atoms with van der Waals surface area (Å²) < 4.78 is 45.2. The number of halogens is 3. The molecule has 150 valence electrons. The Bertz CT molecular complexity index is 706. The average Bonchev–Trinajstić information content (AvgIpc) is 2.52. The molecular formula is C18H23F3N2O4. The molecule has 2 rings (SSSR count). The van der Waals surface area contributed by atoms with Gasteiger partial charge in [-0.2, -0.15) is 13.2 Å². The van der Waals surface area contributed by atoms with E-state index in [0.717, 1.165) is 12.1 Å². The normalized spacial score (nSPS) is 16.3. The summed E-state index contributed by atoms with van der Waals surface area (Å²) in [5, 5.41) is 9.25. The number of hydrogen-bond acceptors (Lipinski definition) is 4. The van der Waals surface area contributed by atoms with Crippen molar-refractivity contribution in [3.63, 3.8) is 0 Å². The first-order valence-electron chi connectivity index (χ1n) is 8.51. The van der Waals surface area contributed by atoms with Crippen LogP contribution < -0.4 is 0 Å². The van der Waals surface area contributed by atoms with Gasteiger partial charge in [0, 0.05) is 32.7 Å². The number of hydrogen-bond donors (Lipinski definition) is 1. The number of carboxylic acid groups (broad SMARTS) is 1. The van der Waals surface area contributed by atoms with E-state index in [1.165, 1.54) is 11.0 Å². The SMILES string of the molecule is CC(C)(C)OC(=O)N1CCN(Cc2c(C(=O)O)cccc2C(F)(F)F)CC1. The number of piperazine rings is 1. The van der Waals surface area contributed by atoms with Gasteiger partial charge in [-0.25, -0.2) is 9.59 Å². The summed E-state index contributed by atoms with van der Waals surface area (Å²) in [5.74, 6) is -1.40. The smallest absolute Gasteiger partial charge is 0.416 e. The minimum atomic E-state index is -4.64. The van der Waals surface area contributed by atoms with Crippen LogP contribution in [0.25, 0.3) is 0 Å². The number of rotatable bonds is 3. The largest absolute Gasteiger partial charge is 0.478 e. The molecule has 1 N–H and O–H groups in total. The summed E-state index contributed by atoms with van der Waals surface area (Å²) in [6.07, 6.45) is -5.11. The van der Waals surface area contributed by atoms with Crippen molar-refractivity contribution in [3.05, 3.63) is 34.9 Å². The summed E-state index contributed by atoms with van der Waals surface area (Å²) in [6, 6.07) is 3.15. The molecular weight excluding hydrogens is 365 g/mol. The molecule has 0 spiro atoms. The van der Waals surface area contributed by atoms with Gasteiger partial charge in [-0.05, 0) is 38.5 Å². The quantitative estimate of drug-likeness (QED) is 0.859. The van der Waals surface area contributed by atoms with E-state index < -0.39 is 29.4 Å². The Labute approximate surface area is 155 Å². The monoisotopic (exact) mass is 388 g/mol. The van der Waals surface area contributed by atoms with Gasteiger partial charge in [-0.3, -0.25) is 4.90 Å². The van der Waals surface area contributed by atoms with Gasteiger partial charge in [0.15, 0.2) is 0 Å². The van der Waals surface area contributed by atoms with Crippen LogP contribution in [-0.2, 0) is 17.5 Å². The van der Waals surface area contributed by atoms with Crippen LogP contribution in [0.3, 0.4) is 0 Å². The fourth-order valence-electron chi connectivity index (χ4n) is 2.86. The third-order valence-corrected chi connectivity index (χ3v) is 4.12. The molecule has 0 atom stereocenters. The molecule has 0 saturated carbocycles. The highest BCUT2D eigenvalue weighted by Crippen LogP contribution is 2.34. The van der Waals surface area contributed by atoms with Gasteiger partial charge >= 0.3 is 18.2 Å². The molecule has 0 aromatic heterocycles. The first kappa shape index (κ1) is 21.0. The molecule has 1 amide bonds. The Balaban J connectivity index is 2.11. The first-order valence-corrected chi connectivity index (χ1v) is 8.51. The van der Waals surface area contributed by atoms with E-state index in [0.29, 0.717) is 26.2 Å². The molecule has 0 aliphatic carbocycles. The van der Waals surface area contributed by atoms with Crippen molar-refractivity contribution in [2.24, 2.45) is 0 Å². The highest BCUT2D eigenvalue weighted by atomic mass is 19.4. The summed E-state index contributed by atoms with van der Waals surface area (Å²) >= 11 is 0. The second kappa shape index (κ2) is 7.75. The molecule has 1 aliphatic heterocycles. The first-order chi connectivity index (χ1) is 12.4. The Morgan fingerprint density at radius 3 is 2.19 bits per heavy atom. The molecule has 1 aromatic rings. The van der Waals surface area contributed by atoms with E-state index in [9.17, 15) is 27.9 Å². The summed E-state index contributed by atoms with van der Waals surface area (Å²) in [5.41, 5.74) is -2.20. The minimum Gasteiger partial charge on any atom is -0.478 e. The van der Waals surface area contributed by atoms with Crippen LogP contribution in [0.4, 0.5) is 18.0 Å². The van der Waals surface area contributed by atoms with E-state index in [1.807, 2.05) is 0 Å². The van der Waals surface area contributed by atoms with Gasteiger partial charge in [0.1, 0.15) is 5.60 Å². The molecule has 1 saturated heterocycles. The molecule has 1 aromatic carbocycles. The lowest BCUT2D eigenvalue weighted by Gasteiger charge is -2.36. The lowest BCUT2D eigenvalue weighted by molar-refractivity contribution is -0.138. The Kier molecular flexibility index (Phi) is 6.04. The maximum Gasteiger partial charge on any atom is 0.416 e. The van der Waals surface area contributed by atoms with Crippen LogP contribution in [0.5, 0.6) is 0 Å². The van der Waals surface area contributed by atoms with E-state index in [2.05, 4.69) is 0 Å². The van der Waals surface area contributed by atoms with Crippen molar-refractivity contribution in [1.29, 1.82) is 0 Å². The maximum atomic E-state index is 13.3. The number of nitrogens with zero attached hydrogens (tertiary/aromatic N) is 2. The minimum absolute atomic E-state index is 0.153. The number of ether oxygens (including phenoxy) is 1. The molecule has 9 heteroatoms. The number of carboxylic acids is 1. The van der Waals surface area contributed by atoms with E-state index in [4.69, 9.17) is 4.74 Å². The van der Waals surface area contributed by atoms with Gasteiger partial charge in [-0.1, -0.05) is 6.07 Å².